The highest BCUT2D eigenvalue weighted by Gasteiger charge is 2.09. The van der Waals surface area contributed by atoms with Crippen molar-refractivity contribution in [2.24, 2.45) is 0 Å². The standard InChI is InChI=1S/C12H9Cl4N3/c1-6(7-2-3-8(13)9(14)4-7)17-11-5-10(15)18-12(16)19-11/h2-6H,1H3,(H,17,18,19). The number of halogens is 4. The molecule has 0 saturated carbocycles. The summed E-state index contributed by atoms with van der Waals surface area (Å²) in [5.74, 6) is 0.545. The molecule has 1 N–H and O–H groups in total. The molecule has 1 aromatic heterocycles. The van der Waals surface area contributed by atoms with Gasteiger partial charge in [0.25, 0.3) is 0 Å². The Morgan fingerprint density at radius 2 is 1.74 bits per heavy atom. The third kappa shape index (κ3) is 3.86. The average Bonchev–Trinajstić information content (AvgIpc) is 2.31. The minimum atomic E-state index is -0.0307. The Morgan fingerprint density at radius 1 is 1.00 bits per heavy atom. The minimum absolute atomic E-state index is 0.0307. The third-order valence-electron chi connectivity index (χ3n) is 2.48. The van der Waals surface area contributed by atoms with Crippen molar-refractivity contribution in [1.82, 2.24) is 9.97 Å². The summed E-state index contributed by atoms with van der Waals surface area (Å²) in [4.78, 5) is 7.82. The van der Waals surface area contributed by atoms with E-state index < -0.39 is 0 Å². The van der Waals surface area contributed by atoms with E-state index in [1.165, 1.54) is 0 Å². The van der Waals surface area contributed by atoms with E-state index in [0.29, 0.717) is 15.9 Å². The van der Waals surface area contributed by atoms with Gasteiger partial charge in [0.05, 0.1) is 10.0 Å². The predicted molar refractivity (Wildman–Crippen MR) is 80.6 cm³/mol. The lowest BCUT2D eigenvalue weighted by molar-refractivity contribution is 0.872. The number of aromatic nitrogens is 2. The quantitative estimate of drug-likeness (QED) is 0.613. The molecule has 1 heterocycles. The van der Waals surface area contributed by atoms with Crippen LogP contribution in [0.1, 0.15) is 18.5 Å². The van der Waals surface area contributed by atoms with Crippen molar-refractivity contribution < 1.29 is 0 Å². The molecule has 1 unspecified atom stereocenters. The Morgan fingerprint density at radius 3 is 2.37 bits per heavy atom. The van der Waals surface area contributed by atoms with E-state index in [0.717, 1.165) is 5.56 Å². The summed E-state index contributed by atoms with van der Waals surface area (Å²) in [6.07, 6.45) is 0. The number of benzene rings is 1. The normalized spacial score (nSPS) is 12.3. The first-order valence-electron chi connectivity index (χ1n) is 5.37. The van der Waals surface area contributed by atoms with Gasteiger partial charge in [-0.2, -0.15) is 0 Å². The molecule has 100 valence electrons. The fourth-order valence-corrected chi connectivity index (χ4v) is 2.27. The smallest absolute Gasteiger partial charge is 0.225 e. The van der Waals surface area contributed by atoms with Gasteiger partial charge in [-0.25, -0.2) is 9.97 Å². The minimum Gasteiger partial charge on any atom is -0.363 e. The molecule has 7 heteroatoms. The highest BCUT2D eigenvalue weighted by atomic mass is 35.5. The highest BCUT2D eigenvalue weighted by molar-refractivity contribution is 6.42. The number of nitrogens with one attached hydrogen (secondary N) is 1. The third-order valence-corrected chi connectivity index (χ3v) is 3.58. The fourth-order valence-electron chi connectivity index (χ4n) is 1.55. The van der Waals surface area contributed by atoms with Crippen LogP contribution in [-0.4, -0.2) is 9.97 Å². The van der Waals surface area contributed by atoms with E-state index in [1.807, 2.05) is 13.0 Å². The molecule has 1 atom stereocenters. The molecule has 19 heavy (non-hydrogen) atoms. The molecular weight excluding hydrogens is 328 g/mol. The molecule has 0 aliphatic rings. The van der Waals surface area contributed by atoms with Gasteiger partial charge >= 0.3 is 0 Å². The van der Waals surface area contributed by atoms with E-state index in [1.54, 1.807) is 18.2 Å². The second-order valence-electron chi connectivity index (χ2n) is 3.88. The van der Waals surface area contributed by atoms with E-state index in [2.05, 4.69) is 15.3 Å². The van der Waals surface area contributed by atoms with Crippen LogP contribution in [0.15, 0.2) is 24.3 Å². The lowest BCUT2D eigenvalue weighted by atomic mass is 10.1. The molecule has 2 rings (SSSR count). The second kappa shape index (κ2) is 6.14. The molecule has 0 fully saturated rings. The molecule has 3 nitrogen and oxygen atoms in total. The van der Waals surface area contributed by atoms with Crippen LogP contribution in [0, 0.1) is 0 Å². The van der Waals surface area contributed by atoms with Crippen LogP contribution < -0.4 is 5.32 Å². The highest BCUT2D eigenvalue weighted by Crippen LogP contribution is 2.27. The molecule has 0 aliphatic carbocycles. The van der Waals surface area contributed by atoms with Gasteiger partial charge in [-0.3, -0.25) is 0 Å². The molecule has 2 aromatic rings. The first kappa shape index (κ1) is 14.7. The Hall–Kier alpha value is -0.740. The summed E-state index contributed by atoms with van der Waals surface area (Å²) in [5.41, 5.74) is 0.972. The number of anilines is 1. The van der Waals surface area contributed by atoms with Crippen molar-refractivity contribution in [2.45, 2.75) is 13.0 Å². The van der Waals surface area contributed by atoms with Crippen LogP contribution >= 0.6 is 46.4 Å². The summed E-state index contributed by atoms with van der Waals surface area (Å²) in [7, 11) is 0. The summed E-state index contributed by atoms with van der Waals surface area (Å²) >= 11 is 23.4. The molecular formula is C12H9Cl4N3. The maximum atomic E-state index is 5.98. The van der Waals surface area contributed by atoms with Crippen LogP contribution in [-0.2, 0) is 0 Å². The topological polar surface area (TPSA) is 37.8 Å². The molecule has 0 radical (unpaired) electrons. The van der Waals surface area contributed by atoms with Gasteiger partial charge in [0.1, 0.15) is 11.0 Å². The summed E-state index contributed by atoms with van der Waals surface area (Å²) in [6.45, 7) is 1.96. The van der Waals surface area contributed by atoms with Crippen molar-refractivity contribution in [2.75, 3.05) is 5.32 Å². The number of hydrogen-bond donors (Lipinski definition) is 1. The summed E-state index contributed by atoms with van der Waals surface area (Å²) in [5, 5.41) is 4.57. The SMILES string of the molecule is CC(Nc1cc(Cl)nc(Cl)n1)c1ccc(Cl)c(Cl)c1. The van der Waals surface area contributed by atoms with E-state index in [-0.39, 0.29) is 16.5 Å². The monoisotopic (exact) mass is 335 g/mol. The Bertz CT molecular complexity index is 583. The van der Waals surface area contributed by atoms with Crippen molar-refractivity contribution in [3.63, 3.8) is 0 Å². The van der Waals surface area contributed by atoms with Gasteiger partial charge in [0, 0.05) is 12.1 Å². The van der Waals surface area contributed by atoms with Gasteiger partial charge in [0.2, 0.25) is 5.28 Å². The largest absolute Gasteiger partial charge is 0.363 e. The van der Waals surface area contributed by atoms with Gasteiger partial charge in [0.15, 0.2) is 0 Å². The molecule has 0 bridgehead atoms. The van der Waals surface area contributed by atoms with Crippen molar-refractivity contribution >= 4 is 52.2 Å². The predicted octanol–water partition coefficient (Wildman–Crippen LogP) is 5.26. The van der Waals surface area contributed by atoms with Crippen molar-refractivity contribution in [3.8, 4) is 0 Å². The number of hydrogen-bond acceptors (Lipinski definition) is 3. The van der Waals surface area contributed by atoms with Crippen molar-refractivity contribution in [1.29, 1.82) is 0 Å². The molecule has 1 aromatic carbocycles. The molecule has 0 spiro atoms. The molecule has 0 amide bonds. The lowest BCUT2D eigenvalue weighted by Gasteiger charge is -2.15. The van der Waals surface area contributed by atoms with Crippen LogP contribution in [0.2, 0.25) is 20.5 Å². The van der Waals surface area contributed by atoms with Gasteiger partial charge in [-0.05, 0) is 36.2 Å². The first-order chi connectivity index (χ1) is 8.95. The Balaban J connectivity index is 2.20. The summed E-state index contributed by atoms with van der Waals surface area (Å²) < 4.78 is 0. The fraction of sp³-hybridized carbons (Fsp3) is 0.167. The van der Waals surface area contributed by atoms with Gasteiger partial charge < -0.3 is 5.32 Å². The number of rotatable bonds is 3. The van der Waals surface area contributed by atoms with E-state index >= 15 is 0 Å². The zero-order chi connectivity index (χ0) is 14.0. The van der Waals surface area contributed by atoms with E-state index in [9.17, 15) is 0 Å². The van der Waals surface area contributed by atoms with E-state index in [4.69, 9.17) is 46.4 Å². The zero-order valence-corrected chi connectivity index (χ0v) is 12.8. The average molecular weight is 337 g/mol. The van der Waals surface area contributed by atoms with Gasteiger partial charge in [-0.15, -0.1) is 0 Å². The van der Waals surface area contributed by atoms with Crippen molar-refractivity contribution in [3.05, 3.63) is 50.3 Å². The summed E-state index contributed by atoms with van der Waals surface area (Å²) in [6, 6.07) is 7.00. The molecule has 0 aliphatic heterocycles. The second-order valence-corrected chi connectivity index (χ2v) is 5.42. The Labute approximate surface area is 130 Å². The van der Waals surface area contributed by atoms with Crippen LogP contribution in [0.25, 0.3) is 0 Å². The zero-order valence-electron chi connectivity index (χ0n) is 9.79. The maximum absolute atomic E-state index is 5.98. The number of nitrogens with zero attached hydrogens (tertiary/aromatic N) is 2. The van der Waals surface area contributed by atoms with Crippen LogP contribution in [0.4, 0.5) is 5.82 Å². The van der Waals surface area contributed by atoms with Gasteiger partial charge in [-0.1, -0.05) is 40.9 Å². The lowest BCUT2D eigenvalue weighted by Crippen LogP contribution is -2.08. The first-order valence-corrected chi connectivity index (χ1v) is 6.88. The molecule has 0 saturated heterocycles. The Kier molecular flexibility index (Phi) is 4.74. The maximum Gasteiger partial charge on any atom is 0.225 e. The van der Waals surface area contributed by atoms with Crippen LogP contribution in [0.3, 0.4) is 0 Å². The van der Waals surface area contributed by atoms with Crippen LogP contribution in [0.5, 0.6) is 0 Å².